The van der Waals surface area contributed by atoms with Gasteiger partial charge in [-0.3, -0.25) is 0 Å². The average molecular weight is 183 g/mol. The summed E-state index contributed by atoms with van der Waals surface area (Å²) in [6, 6.07) is 0. The second kappa shape index (κ2) is 7.10. The largest absolute Gasteiger partial charge is 0.381 e. The van der Waals surface area contributed by atoms with Crippen LogP contribution in [0.2, 0.25) is 0 Å². The molecule has 0 amide bonds. The minimum atomic E-state index is 0.897. The summed E-state index contributed by atoms with van der Waals surface area (Å²) in [5, 5.41) is 3.34. The number of hydrogen-bond acceptors (Lipinski definition) is 2. The molecule has 13 heavy (non-hydrogen) atoms. The van der Waals surface area contributed by atoms with Crippen molar-refractivity contribution in [2.24, 2.45) is 5.92 Å². The van der Waals surface area contributed by atoms with Gasteiger partial charge in [0.1, 0.15) is 0 Å². The minimum absolute atomic E-state index is 0.897. The van der Waals surface area contributed by atoms with E-state index in [0.29, 0.717) is 0 Å². The van der Waals surface area contributed by atoms with Crippen LogP contribution in [0.3, 0.4) is 0 Å². The first-order valence-corrected chi connectivity index (χ1v) is 5.33. The zero-order valence-electron chi connectivity index (χ0n) is 8.43. The smallest absolute Gasteiger partial charge is 0.0494 e. The van der Waals surface area contributed by atoms with Crippen LogP contribution >= 0.6 is 0 Å². The molecule has 0 aromatic rings. The van der Waals surface area contributed by atoms with E-state index in [2.05, 4.69) is 11.9 Å². The highest BCUT2D eigenvalue weighted by Gasteiger charge is 2.20. The third-order valence-corrected chi connectivity index (χ3v) is 2.22. The fraction of sp³-hybridized carbons (Fsp3) is 0.818. The number of ether oxygens (including phenoxy) is 1. The second-order valence-corrected chi connectivity index (χ2v) is 3.70. The van der Waals surface area contributed by atoms with Crippen LogP contribution in [0.15, 0.2) is 12.7 Å². The van der Waals surface area contributed by atoms with Crippen molar-refractivity contribution < 1.29 is 4.74 Å². The molecule has 2 nitrogen and oxygen atoms in total. The summed E-state index contributed by atoms with van der Waals surface area (Å²) in [5.41, 5.74) is 0. The van der Waals surface area contributed by atoms with Gasteiger partial charge in [0.15, 0.2) is 0 Å². The Morgan fingerprint density at radius 3 is 2.92 bits per heavy atom. The van der Waals surface area contributed by atoms with Gasteiger partial charge in [-0.2, -0.15) is 0 Å². The van der Waals surface area contributed by atoms with E-state index in [1.165, 1.54) is 12.8 Å². The maximum Gasteiger partial charge on any atom is 0.0494 e. The van der Waals surface area contributed by atoms with E-state index < -0.39 is 0 Å². The van der Waals surface area contributed by atoms with Crippen molar-refractivity contribution in [1.82, 2.24) is 5.32 Å². The normalized spacial score (nSPS) is 16.0. The van der Waals surface area contributed by atoms with Crippen molar-refractivity contribution in [1.29, 1.82) is 0 Å². The van der Waals surface area contributed by atoms with E-state index in [1.807, 2.05) is 6.08 Å². The monoisotopic (exact) mass is 183 g/mol. The summed E-state index contributed by atoms with van der Waals surface area (Å²) in [5.74, 6) is 0.897. The molecule has 1 aliphatic rings. The Bertz CT molecular complexity index is 132. The zero-order valence-corrected chi connectivity index (χ0v) is 8.43. The van der Waals surface area contributed by atoms with Gasteiger partial charge in [0.05, 0.1) is 0 Å². The standard InChI is InChI=1S/C11H21NO/c1-2-3-7-12-8-4-9-13-10-11-5-6-11/h2,11-12H,1,3-10H2. The lowest BCUT2D eigenvalue weighted by Crippen LogP contribution is -2.17. The van der Waals surface area contributed by atoms with Crippen molar-refractivity contribution in [2.75, 3.05) is 26.3 Å². The average Bonchev–Trinajstić information content (AvgIpc) is 2.93. The Kier molecular flexibility index (Phi) is 5.87. The summed E-state index contributed by atoms with van der Waals surface area (Å²) in [6.45, 7) is 7.69. The first kappa shape index (κ1) is 10.7. The molecule has 0 aromatic heterocycles. The van der Waals surface area contributed by atoms with Gasteiger partial charge in [0.25, 0.3) is 0 Å². The van der Waals surface area contributed by atoms with E-state index in [4.69, 9.17) is 4.74 Å². The molecule has 2 heteroatoms. The van der Waals surface area contributed by atoms with Crippen molar-refractivity contribution in [3.8, 4) is 0 Å². The fourth-order valence-corrected chi connectivity index (χ4v) is 1.16. The summed E-state index contributed by atoms with van der Waals surface area (Å²) >= 11 is 0. The molecule has 0 aromatic carbocycles. The third kappa shape index (κ3) is 6.79. The van der Waals surface area contributed by atoms with Crippen LogP contribution in [0.1, 0.15) is 25.7 Å². The molecule has 1 fully saturated rings. The molecular formula is C11H21NO. The van der Waals surface area contributed by atoms with Crippen molar-refractivity contribution in [3.05, 3.63) is 12.7 Å². The Morgan fingerprint density at radius 2 is 2.23 bits per heavy atom. The molecular weight excluding hydrogens is 162 g/mol. The molecule has 0 aliphatic heterocycles. The van der Waals surface area contributed by atoms with Crippen LogP contribution < -0.4 is 5.32 Å². The van der Waals surface area contributed by atoms with E-state index in [-0.39, 0.29) is 0 Å². The van der Waals surface area contributed by atoms with Gasteiger partial charge < -0.3 is 10.1 Å². The Hall–Kier alpha value is -0.340. The molecule has 0 atom stereocenters. The van der Waals surface area contributed by atoms with Gasteiger partial charge in [-0.15, -0.1) is 6.58 Å². The van der Waals surface area contributed by atoms with Crippen molar-refractivity contribution >= 4 is 0 Å². The number of rotatable bonds is 9. The van der Waals surface area contributed by atoms with Crippen LogP contribution in [0.5, 0.6) is 0 Å². The predicted molar refractivity (Wildman–Crippen MR) is 55.8 cm³/mol. The van der Waals surface area contributed by atoms with Crippen LogP contribution in [-0.4, -0.2) is 26.3 Å². The quantitative estimate of drug-likeness (QED) is 0.436. The highest BCUT2D eigenvalue weighted by molar-refractivity contribution is 4.72. The summed E-state index contributed by atoms with van der Waals surface area (Å²) < 4.78 is 5.50. The Morgan fingerprint density at radius 1 is 1.38 bits per heavy atom. The molecule has 76 valence electrons. The maximum absolute atomic E-state index is 5.50. The van der Waals surface area contributed by atoms with Gasteiger partial charge in [-0.25, -0.2) is 0 Å². The molecule has 0 spiro atoms. The van der Waals surface area contributed by atoms with E-state index in [0.717, 1.165) is 45.1 Å². The van der Waals surface area contributed by atoms with Gasteiger partial charge in [-0.05, 0) is 44.7 Å². The topological polar surface area (TPSA) is 21.3 Å². The van der Waals surface area contributed by atoms with Crippen LogP contribution in [0, 0.1) is 5.92 Å². The SMILES string of the molecule is C=CCCNCCCOCC1CC1. The first-order chi connectivity index (χ1) is 6.43. The lowest BCUT2D eigenvalue weighted by atomic mass is 10.4. The lowest BCUT2D eigenvalue weighted by molar-refractivity contribution is 0.122. The van der Waals surface area contributed by atoms with Crippen molar-refractivity contribution in [3.63, 3.8) is 0 Å². The van der Waals surface area contributed by atoms with Crippen LogP contribution in [0.25, 0.3) is 0 Å². The van der Waals surface area contributed by atoms with E-state index in [1.54, 1.807) is 0 Å². The summed E-state index contributed by atoms with van der Waals surface area (Å²) in [4.78, 5) is 0. The summed E-state index contributed by atoms with van der Waals surface area (Å²) in [6.07, 6.45) is 6.90. The van der Waals surface area contributed by atoms with Crippen molar-refractivity contribution in [2.45, 2.75) is 25.7 Å². The number of nitrogens with one attached hydrogen (secondary N) is 1. The molecule has 1 N–H and O–H groups in total. The highest BCUT2D eigenvalue weighted by atomic mass is 16.5. The Balaban J connectivity index is 1.65. The maximum atomic E-state index is 5.50. The second-order valence-electron chi connectivity index (χ2n) is 3.70. The molecule has 1 saturated carbocycles. The fourth-order valence-electron chi connectivity index (χ4n) is 1.16. The first-order valence-electron chi connectivity index (χ1n) is 5.33. The summed E-state index contributed by atoms with van der Waals surface area (Å²) in [7, 11) is 0. The lowest BCUT2D eigenvalue weighted by Gasteiger charge is -2.03. The highest BCUT2D eigenvalue weighted by Crippen LogP contribution is 2.28. The molecule has 0 saturated heterocycles. The molecule has 1 rings (SSSR count). The van der Waals surface area contributed by atoms with Crippen LogP contribution in [0.4, 0.5) is 0 Å². The predicted octanol–water partition coefficient (Wildman–Crippen LogP) is 1.97. The Labute approximate surface area is 81.4 Å². The molecule has 0 heterocycles. The zero-order chi connectivity index (χ0) is 9.36. The molecule has 0 radical (unpaired) electrons. The van der Waals surface area contributed by atoms with Gasteiger partial charge >= 0.3 is 0 Å². The van der Waals surface area contributed by atoms with Gasteiger partial charge in [0.2, 0.25) is 0 Å². The molecule has 0 unspecified atom stereocenters. The molecule has 0 bridgehead atoms. The van der Waals surface area contributed by atoms with E-state index in [9.17, 15) is 0 Å². The van der Waals surface area contributed by atoms with Crippen LogP contribution in [-0.2, 0) is 4.74 Å². The minimum Gasteiger partial charge on any atom is -0.381 e. The number of hydrogen-bond donors (Lipinski definition) is 1. The van der Waals surface area contributed by atoms with E-state index >= 15 is 0 Å². The third-order valence-electron chi connectivity index (χ3n) is 2.22. The van der Waals surface area contributed by atoms with Gasteiger partial charge in [0, 0.05) is 13.2 Å². The molecule has 1 aliphatic carbocycles. The van der Waals surface area contributed by atoms with Gasteiger partial charge in [-0.1, -0.05) is 6.08 Å².